The van der Waals surface area contributed by atoms with E-state index in [4.69, 9.17) is 9.47 Å². The van der Waals surface area contributed by atoms with E-state index in [1.54, 1.807) is 24.7 Å². The first kappa shape index (κ1) is 7.62. The third-order valence-corrected chi connectivity index (χ3v) is 2.52. The Kier molecular flexibility index (Phi) is 1.42. The highest BCUT2D eigenvalue weighted by molar-refractivity contribution is 5.92. The van der Waals surface area contributed by atoms with Gasteiger partial charge in [0.15, 0.2) is 11.9 Å². The number of ether oxygens (including phenoxy) is 2. The van der Waals surface area contributed by atoms with Gasteiger partial charge in [0.05, 0.1) is 12.5 Å². The van der Waals surface area contributed by atoms with Gasteiger partial charge in [0.2, 0.25) is 0 Å². The monoisotopic (exact) mass is 188 g/mol. The Morgan fingerprint density at radius 3 is 3.21 bits per heavy atom. The Labute approximate surface area is 81.0 Å². The summed E-state index contributed by atoms with van der Waals surface area (Å²) < 4.78 is 10.6. The molecule has 1 atom stereocenters. The number of carbonyl (C=O) groups excluding carboxylic acids is 1. The Bertz CT molecular complexity index is 424. The second-order valence-corrected chi connectivity index (χ2v) is 3.38. The van der Waals surface area contributed by atoms with Crippen LogP contribution < -0.4 is 0 Å². The summed E-state index contributed by atoms with van der Waals surface area (Å²) in [5.41, 5.74) is 1.79. The van der Waals surface area contributed by atoms with E-state index in [-0.39, 0.29) is 5.78 Å². The van der Waals surface area contributed by atoms with Gasteiger partial charge in [0, 0.05) is 17.6 Å². The molecule has 0 fully saturated rings. The largest absolute Gasteiger partial charge is 0.485 e. The number of ketones is 1. The van der Waals surface area contributed by atoms with Crippen LogP contribution in [0.3, 0.4) is 0 Å². The van der Waals surface area contributed by atoms with Crippen LogP contribution in [0.2, 0.25) is 0 Å². The molecule has 0 aromatic heterocycles. The highest BCUT2D eigenvalue weighted by Crippen LogP contribution is 2.35. The molecule has 0 N–H and O–H groups in total. The minimum atomic E-state index is -0.436. The molecular weight excluding hydrogens is 180 g/mol. The van der Waals surface area contributed by atoms with Crippen molar-refractivity contribution in [3.05, 3.63) is 47.7 Å². The SMILES string of the molecule is O=C1CC2=CC=COC2=C2C=COC12. The van der Waals surface area contributed by atoms with Crippen molar-refractivity contribution in [1.82, 2.24) is 0 Å². The van der Waals surface area contributed by atoms with Gasteiger partial charge >= 0.3 is 0 Å². The quantitative estimate of drug-likeness (QED) is 0.579. The van der Waals surface area contributed by atoms with E-state index in [0.717, 1.165) is 16.9 Å². The lowest BCUT2D eigenvalue weighted by Crippen LogP contribution is -2.28. The van der Waals surface area contributed by atoms with Crippen LogP contribution in [-0.4, -0.2) is 11.9 Å². The molecule has 0 spiro atoms. The lowest BCUT2D eigenvalue weighted by Gasteiger charge is -2.24. The third-order valence-electron chi connectivity index (χ3n) is 2.52. The molecule has 0 amide bonds. The van der Waals surface area contributed by atoms with Crippen molar-refractivity contribution in [2.45, 2.75) is 12.5 Å². The molecule has 1 unspecified atom stereocenters. The van der Waals surface area contributed by atoms with Gasteiger partial charge in [-0.15, -0.1) is 0 Å². The molecule has 2 heterocycles. The average Bonchev–Trinajstić information content (AvgIpc) is 2.67. The molecule has 3 nitrogen and oxygen atoms in total. The highest BCUT2D eigenvalue weighted by atomic mass is 16.5. The van der Waals surface area contributed by atoms with Crippen molar-refractivity contribution >= 4 is 5.78 Å². The summed E-state index contributed by atoms with van der Waals surface area (Å²) in [5.74, 6) is 0.879. The maximum Gasteiger partial charge on any atom is 0.185 e. The molecule has 0 saturated carbocycles. The van der Waals surface area contributed by atoms with Crippen molar-refractivity contribution < 1.29 is 14.3 Å². The fourth-order valence-corrected chi connectivity index (χ4v) is 1.88. The lowest BCUT2D eigenvalue weighted by molar-refractivity contribution is -0.125. The standard InChI is InChI=1S/C11H8O3/c12-9-6-7-2-1-4-13-10(7)8-3-5-14-11(8)9/h1-5,11H,6H2. The fraction of sp³-hybridized carbons (Fsp3) is 0.182. The van der Waals surface area contributed by atoms with Crippen molar-refractivity contribution in [3.8, 4) is 0 Å². The summed E-state index contributed by atoms with van der Waals surface area (Å²) in [7, 11) is 0. The number of fused-ring (bicyclic) bond motifs is 2. The van der Waals surface area contributed by atoms with Crippen molar-refractivity contribution in [2.75, 3.05) is 0 Å². The summed E-state index contributed by atoms with van der Waals surface area (Å²) in [5, 5.41) is 0. The Morgan fingerprint density at radius 2 is 2.29 bits per heavy atom. The van der Waals surface area contributed by atoms with Crippen LogP contribution in [0.4, 0.5) is 0 Å². The fourth-order valence-electron chi connectivity index (χ4n) is 1.88. The third kappa shape index (κ3) is 0.894. The van der Waals surface area contributed by atoms with Gasteiger partial charge in [-0.2, -0.15) is 0 Å². The number of carbonyl (C=O) groups is 1. The van der Waals surface area contributed by atoms with E-state index >= 15 is 0 Å². The van der Waals surface area contributed by atoms with Gasteiger partial charge in [-0.05, 0) is 12.2 Å². The van der Waals surface area contributed by atoms with Crippen LogP contribution in [-0.2, 0) is 14.3 Å². The number of rotatable bonds is 0. The number of Topliss-reactive ketones (excluding diaryl/α,β-unsaturated/α-hetero) is 1. The van der Waals surface area contributed by atoms with Gasteiger partial charge in [0.25, 0.3) is 0 Å². The Balaban J connectivity index is 2.17. The summed E-state index contributed by atoms with van der Waals surface area (Å²) in [6.07, 6.45) is 8.63. The van der Waals surface area contributed by atoms with Crippen molar-refractivity contribution in [1.29, 1.82) is 0 Å². The van der Waals surface area contributed by atoms with Gasteiger partial charge in [-0.1, -0.05) is 6.08 Å². The van der Waals surface area contributed by atoms with Crippen molar-refractivity contribution in [2.24, 2.45) is 0 Å². The molecule has 0 saturated heterocycles. The Morgan fingerprint density at radius 1 is 1.36 bits per heavy atom. The average molecular weight is 188 g/mol. The van der Waals surface area contributed by atoms with Gasteiger partial charge in [-0.3, -0.25) is 4.79 Å². The molecule has 2 aliphatic heterocycles. The summed E-state index contributed by atoms with van der Waals surface area (Å²) >= 11 is 0. The predicted molar refractivity (Wildman–Crippen MR) is 49.0 cm³/mol. The zero-order valence-electron chi connectivity index (χ0n) is 7.40. The van der Waals surface area contributed by atoms with Crippen molar-refractivity contribution in [3.63, 3.8) is 0 Å². The molecule has 0 radical (unpaired) electrons. The smallest absolute Gasteiger partial charge is 0.185 e. The second kappa shape index (κ2) is 2.61. The van der Waals surface area contributed by atoms with E-state index in [1.807, 2.05) is 6.08 Å². The first-order valence-corrected chi connectivity index (χ1v) is 4.48. The zero-order chi connectivity index (χ0) is 9.54. The minimum Gasteiger partial charge on any atom is -0.485 e. The summed E-state index contributed by atoms with van der Waals surface area (Å²) in [4.78, 5) is 11.6. The molecule has 14 heavy (non-hydrogen) atoms. The first-order valence-electron chi connectivity index (χ1n) is 4.48. The van der Waals surface area contributed by atoms with Crippen LogP contribution in [0.5, 0.6) is 0 Å². The van der Waals surface area contributed by atoms with Gasteiger partial charge in [-0.25, -0.2) is 0 Å². The second-order valence-electron chi connectivity index (χ2n) is 3.38. The summed E-state index contributed by atoms with van der Waals surface area (Å²) in [6.45, 7) is 0. The zero-order valence-corrected chi connectivity index (χ0v) is 7.40. The van der Waals surface area contributed by atoms with E-state index in [9.17, 15) is 4.79 Å². The molecule has 3 heteroatoms. The van der Waals surface area contributed by atoms with Crippen LogP contribution in [0.15, 0.2) is 47.7 Å². The number of allylic oxidation sites excluding steroid dienone is 3. The molecular formula is C11H8O3. The molecule has 3 rings (SSSR count). The Hall–Kier alpha value is -1.77. The first-order chi connectivity index (χ1) is 6.86. The lowest BCUT2D eigenvalue weighted by atomic mass is 9.89. The molecule has 70 valence electrons. The molecule has 0 bridgehead atoms. The van der Waals surface area contributed by atoms with E-state index < -0.39 is 6.10 Å². The highest BCUT2D eigenvalue weighted by Gasteiger charge is 2.36. The molecule has 0 aromatic carbocycles. The number of hydrogen-bond acceptors (Lipinski definition) is 3. The van der Waals surface area contributed by atoms with Gasteiger partial charge < -0.3 is 9.47 Å². The van der Waals surface area contributed by atoms with Gasteiger partial charge in [0.1, 0.15) is 5.76 Å². The summed E-state index contributed by atoms with van der Waals surface area (Å²) in [6, 6.07) is 0. The topological polar surface area (TPSA) is 35.5 Å². The normalized spacial score (nSPS) is 27.9. The molecule has 0 aromatic rings. The van der Waals surface area contributed by atoms with Crippen LogP contribution >= 0.6 is 0 Å². The van der Waals surface area contributed by atoms with E-state index in [0.29, 0.717) is 6.42 Å². The maximum atomic E-state index is 11.6. The van der Waals surface area contributed by atoms with Crippen LogP contribution in [0.1, 0.15) is 6.42 Å². The van der Waals surface area contributed by atoms with E-state index in [2.05, 4.69) is 0 Å². The van der Waals surface area contributed by atoms with Crippen LogP contribution in [0, 0.1) is 0 Å². The predicted octanol–water partition coefficient (Wildman–Crippen LogP) is 1.60. The van der Waals surface area contributed by atoms with Crippen LogP contribution in [0.25, 0.3) is 0 Å². The molecule has 3 aliphatic rings. The number of hydrogen-bond donors (Lipinski definition) is 0. The molecule has 1 aliphatic carbocycles. The van der Waals surface area contributed by atoms with E-state index in [1.165, 1.54) is 0 Å². The minimum absolute atomic E-state index is 0.0962. The maximum absolute atomic E-state index is 11.6.